The molecule has 0 bridgehead atoms. The van der Waals surface area contributed by atoms with Gasteiger partial charge in [-0.25, -0.2) is 0 Å². The third-order valence-corrected chi connectivity index (χ3v) is 5.29. The van der Waals surface area contributed by atoms with Gasteiger partial charge >= 0.3 is 5.97 Å². The molecule has 2 N–H and O–H groups in total. The van der Waals surface area contributed by atoms with Gasteiger partial charge in [0.25, 0.3) is 0 Å². The topological polar surface area (TPSA) is 49.3 Å². The highest BCUT2D eigenvalue weighted by atomic mass is 16.4. The summed E-state index contributed by atoms with van der Waals surface area (Å²) < 4.78 is 0. The molecule has 1 unspecified atom stereocenters. The van der Waals surface area contributed by atoms with Crippen LogP contribution in [0.15, 0.2) is 36.4 Å². The molecule has 0 aliphatic heterocycles. The summed E-state index contributed by atoms with van der Waals surface area (Å²) in [6.45, 7) is 5.12. The van der Waals surface area contributed by atoms with Crippen molar-refractivity contribution >= 4 is 11.7 Å². The second kappa shape index (κ2) is 16.2. The van der Waals surface area contributed by atoms with E-state index in [1.807, 2.05) is 31.2 Å². The van der Waals surface area contributed by atoms with Crippen molar-refractivity contribution in [1.29, 1.82) is 0 Å². The van der Waals surface area contributed by atoms with E-state index in [4.69, 9.17) is 0 Å². The summed E-state index contributed by atoms with van der Waals surface area (Å²) in [5.41, 5.74) is 1.94. The second-order valence-corrected chi connectivity index (χ2v) is 7.73. The molecule has 0 amide bonds. The van der Waals surface area contributed by atoms with Crippen molar-refractivity contribution in [2.75, 3.05) is 11.9 Å². The maximum atomic E-state index is 11.2. The highest BCUT2D eigenvalue weighted by Gasteiger charge is 2.16. The number of unbranched alkanes of at least 4 members (excludes halogenated alkanes) is 9. The van der Waals surface area contributed by atoms with Crippen molar-refractivity contribution in [3.63, 3.8) is 0 Å². The molecule has 1 aromatic rings. The van der Waals surface area contributed by atoms with Crippen molar-refractivity contribution in [3.05, 3.63) is 42.0 Å². The lowest BCUT2D eigenvalue weighted by Crippen LogP contribution is -2.10. The van der Waals surface area contributed by atoms with Gasteiger partial charge in [-0.3, -0.25) is 4.79 Å². The number of aliphatic carboxylic acids is 1. The van der Waals surface area contributed by atoms with E-state index in [9.17, 15) is 9.90 Å². The predicted molar refractivity (Wildman–Crippen MR) is 121 cm³/mol. The maximum absolute atomic E-state index is 11.2. The monoisotopic (exact) mass is 387 g/mol. The van der Waals surface area contributed by atoms with Crippen molar-refractivity contribution in [2.24, 2.45) is 0 Å². The molecule has 0 spiro atoms. The standard InChI is InChI=1S/C25H41NO2/c1-3-5-6-7-8-9-10-11-12-13-14-15-16-21-26-23-19-17-22(18-20-23)24(4-2)25(27)28/h13-14,17-20,24,26H,3-12,15-16,21H2,1-2H3,(H,27,28)/b14-13+. The van der Waals surface area contributed by atoms with Crippen LogP contribution in [0.1, 0.15) is 102 Å². The Morgan fingerprint density at radius 3 is 2.04 bits per heavy atom. The zero-order valence-electron chi connectivity index (χ0n) is 18.1. The summed E-state index contributed by atoms with van der Waals surface area (Å²) in [6, 6.07) is 7.82. The fraction of sp³-hybridized carbons (Fsp3) is 0.640. The number of hydrogen-bond acceptors (Lipinski definition) is 2. The molecule has 0 fully saturated rings. The molecule has 0 aliphatic carbocycles. The lowest BCUT2D eigenvalue weighted by Gasteiger charge is -2.11. The lowest BCUT2D eigenvalue weighted by molar-refractivity contribution is -0.138. The number of benzene rings is 1. The number of carboxylic acid groups (broad SMARTS) is 1. The summed E-state index contributed by atoms with van der Waals surface area (Å²) in [7, 11) is 0. The van der Waals surface area contributed by atoms with E-state index >= 15 is 0 Å². The number of hydrogen-bond donors (Lipinski definition) is 2. The van der Waals surface area contributed by atoms with E-state index in [-0.39, 0.29) is 0 Å². The van der Waals surface area contributed by atoms with Crippen LogP contribution in [0.5, 0.6) is 0 Å². The lowest BCUT2D eigenvalue weighted by atomic mass is 9.96. The van der Waals surface area contributed by atoms with Crippen LogP contribution in [0.3, 0.4) is 0 Å². The van der Waals surface area contributed by atoms with E-state index in [2.05, 4.69) is 24.4 Å². The first kappa shape index (κ1) is 24.3. The quantitative estimate of drug-likeness (QED) is 0.214. The largest absolute Gasteiger partial charge is 0.481 e. The molecule has 0 aliphatic rings. The van der Waals surface area contributed by atoms with Gasteiger partial charge in [0.2, 0.25) is 0 Å². The predicted octanol–water partition coefficient (Wildman–Crippen LogP) is 7.54. The minimum absolute atomic E-state index is 0.403. The first-order valence-electron chi connectivity index (χ1n) is 11.4. The van der Waals surface area contributed by atoms with Crippen LogP contribution in [-0.4, -0.2) is 17.6 Å². The van der Waals surface area contributed by atoms with E-state index in [0.29, 0.717) is 6.42 Å². The summed E-state index contributed by atoms with van der Waals surface area (Å²) in [5, 5.41) is 12.6. The van der Waals surface area contributed by atoms with Crippen LogP contribution in [-0.2, 0) is 4.79 Å². The molecule has 0 radical (unpaired) electrons. The Balaban J connectivity index is 2.03. The minimum atomic E-state index is -0.748. The van der Waals surface area contributed by atoms with Gasteiger partial charge in [-0.15, -0.1) is 0 Å². The number of anilines is 1. The van der Waals surface area contributed by atoms with Crippen molar-refractivity contribution in [1.82, 2.24) is 0 Å². The molecule has 1 rings (SSSR count). The highest BCUT2D eigenvalue weighted by Crippen LogP contribution is 2.21. The minimum Gasteiger partial charge on any atom is -0.481 e. The maximum Gasteiger partial charge on any atom is 0.310 e. The van der Waals surface area contributed by atoms with E-state index in [1.165, 1.54) is 57.8 Å². The fourth-order valence-corrected chi connectivity index (χ4v) is 3.47. The zero-order chi connectivity index (χ0) is 20.5. The molecule has 1 aromatic carbocycles. The van der Waals surface area contributed by atoms with E-state index in [0.717, 1.165) is 30.6 Å². The smallest absolute Gasteiger partial charge is 0.310 e. The third kappa shape index (κ3) is 11.2. The molecule has 28 heavy (non-hydrogen) atoms. The van der Waals surface area contributed by atoms with Gasteiger partial charge in [-0.05, 0) is 49.8 Å². The number of carbonyl (C=O) groups is 1. The Labute approximate surface area is 172 Å². The van der Waals surface area contributed by atoms with Crippen LogP contribution < -0.4 is 5.32 Å². The van der Waals surface area contributed by atoms with Gasteiger partial charge in [0, 0.05) is 12.2 Å². The van der Waals surface area contributed by atoms with Crippen molar-refractivity contribution in [2.45, 2.75) is 96.8 Å². The first-order chi connectivity index (χ1) is 13.7. The van der Waals surface area contributed by atoms with E-state index < -0.39 is 11.9 Å². The Bertz CT molecular complexity index is 536. The molecule has 1 atom stereocenters. The molecule has 0 aromatic heterocycles. The molecule has 0 heterocycles. The van der Waals surface area contributed by atoms with E-state index in [1.54, 1.807) is 0 Å². The third-order valence-electron chi connectivity index (χ3n) is 5.29. The summed E-state index contributed by atoms with van der Waals surface area (Å²) >= 11 is 0. The summed E-state index contributed by atoms with van der Waals surface area (Å²) in [6.07, 6.45) is 19.8. The summed E-state index contributed by atoms with van der Waals surface area (Å²) in [4.78, 5) is 11.2. The molecule has 0 saturated heterocycles. The Morgan fingerprint density at radius 2 is 1.46 bits per heavy atom. The van der Waals surface area contributed by atoms with Crippen LogP contribution in [0.25, 0.3) is 0 Å². The van der Waals surface area contributed by atoms with Gasteiger partial charge < -0.3 is 10.4 Å². The van der Waals surface area contributed by atoms with Crippen LogP contribution in [0, 0.1) is 0 Å². The molecular weight excluding hydrogens is 346 g/mol. The average Bonchev–Trinajstić information content (AvgIpc) is 2.69. The molecule has 3 nitrogen and oxygen atoms in total. The van der Waals surface area contributed by atoms with Gasteiger partial charge in [0.1, 0.15) is 0 Å². The number of nitrogens with one attached hydrogen (secondary N) is 1. The van der Waals surface area contributed by atoms with Crippen LogP contribution in [0.4, 0.5) is 5.69 Å². The molecule has 158 valence electrons. The number of allylic oxidation sites excluding steroid dienone is 2. The Morgan fingerprint density at radius 1 is 0.893 bits per heavy atom. The van der Waals surface area contributed by atoms with Gasteiger partial charge in [-0.1, -0.05) is 83.1 Å². The Hall–Kier alpha value is -1.77. The SMILES string of the molecule is CCCCCCCCCC/C=C/CCCNc1ccc(C(CC)C(=O)O)cc1. The number of rotatable bonds is 17. The highest BCUT2D eigenvalue weighted by molar-refractivity contribution is 5.76. The average molecular weight is 388 g/mol. The summed E-state index contributed by atoms with van der Waals surface area (Å²) in [5.74, 6) is -1.15. The Kier molecular flexibility index (Phi) is 14.0. The van der Waals surface area contributed by atoms with Crippen LogP contribution >= 0.6 is 0 Å². The van der Waals surface area contributed by atoms with Gasteiger partial charge in [0.05, 0.1) is 5.92 Å². The number of carboxylic acids is 1. The van der Waals surface area contributed by atoms with Crippen molar-refractivity contribution < 1.29 is 9.90 Å². The van der Waals surface area contributed by atoms with Gasteiger partial charge in [-0.2, -0.15) is 0 Å². The molecule has 0 saturated carbocycles. The second-order valence-electron chi connectivity index (χ2n) is 7.73. The normalized spacial score (nSPS) is 12.4. The molecule has 3 heteroatoms. The van der Waals surface area contributed by atoms with Crippen LogP contribution in [0.2, 0.25) is 0 Å². The fourth-order valence-electron chi connectivity index (χ4n) is 3.47. The zero-order valence-corrected chi connectivity index (χ0v) is 18.1. The van der Waals surface area contributed by atoms with Gasteiger partial charge in [0.15, 0.2) is 0 Å². The molecular formula is C25H41NO2. The first-order valence-corrected chi connectivity index (χ1v) is 11.4. The van der Waals surface area contributed by atoms with Crippen molar-refractivity contribution in [3.8, 4) is 0 Å².